The van der Waals surface area contributed by atoms with Crippen molar-refractivity contribution in [3.63, 3.8) is 0 Å². The average molecular weight is 321 g/mol. The molecule has 0 fully saturated rings. The molecule has 2 amide bonds. The summed E-state index contributed by atoms with van der Waals surface area (Å²) >= 11 is 0.827. The molecule has 20 heavy (non-hydrogen) atoms. The van der Waals surface area contributed by atoms with E-state index < -0.39 is 10.0 Å². The molecule has 0 radical (unpaired) electrons. The highest BCUT2D eigenvalue weighted by Crippen LogP contribution is 2.22. The van der Waals surface area contributed by atoms with Crippen molar-refractivity contribution >= 4 is 32.5 Å². The molecule has 0 aliphatic carbocycles. The van der Waals surface area contributed by atoms with Gasteiger partial charge in [-0.05, 0) is 6.42 Å². The van der Waals surface area contributed by atoms with Gasteiger partial charge in [0.25, 0.3) is 10.0 Å². The largest absolute Gasteiger partial charge is 0.328 e. The minimum Gasteiger partial charge on any atom is -0.328 e. The van der Waals surface area contributed by atoms with E-state index in [1.54, 1.807) is 7.05 Å². The topological polar surface area (TPSA) is 95.5 Å². The molecule has 0 aliphatic heterocycles. The van der Waals surface area contributed by atoms with Gasteiger partial charge in [0, 0.05) is 27.7 Å². The molecule has 0 aliphatic rings. The van der Waals surface area contributed by atoms with E-state index in [-0.39, 0.29) is 15.5 Å². The molecule has 8 nitrogen and oxygen atoms in total. The Morgan fingerprint density at radius 2 is 1.95 bits per heavy atom. The summed E-state index contributed by atoms with van der Waals surface area (Å²) in [4.78, 5) is 13.3. The van der Waals surface area contributed by atoms with Gasteiger partial charge in [-0.2, -0.15) is 0 Å². The first-order valence-electron chi connectivity index (χ1n) is 6.07. The normalized spacial score (nSPS) is 11.7. The van der Waals surface area contributed by atoms with Crippen molar-refractivity contribution in [1.82, 2.24) is 19.4 Å². The smallest absolute Gasteiger partial charge is 0.323 e. The van der Waals surface area contributed by atoms with E-state index in [1.807, 2.05) is 6.92 Å². The first kappa shape index (κ1) is 16.8. The number of amides is 2. The third-order valence-electron chi connectivity index (χ3n) is 2.52. The predicted molar refractivity (Wildman–Crippen MR) is 77.3 cm³/mol. The van der Waals surface area contributed by atoms with Gasteiger partial charge in [-0.15, -0.1) is 10.2 Å². The molecule has 10 heteroatoms. The molecule has 0 saturated heterocycles. The van der Waals surface area contributed by atoms with Crippen LogP contribution in [-0.2, 0) is 10.0 Å². The number of nitrogens with zero attached hydrogens (tertiary/aromatic N) is 4. The van der Waals surface area contributed by atoms with Crippen molar-refractivity contribution in [1.29, 1.82) is 0 Å². The number of carbonyl (C=O) groups excluding carboxylic acids is 1. The zero-order valence-electron chi connectivity index (χ0n) is 12.0. The minimum atomic E-state index is -3.61. The molecule has 1 rings (SSSR count). The molecule has 1 heterocycles. The number of aromatic nitrogens is 2. The van der Waals surface area contributed by atoms with E-state index in [0.717, 1.165) is 28.5 Å². The van der Waals surface area contributed by atoms with Gasteiger partial charge in [-0.3, -0.25) is 5.32 Å². The van der Waals surface area contributed by atoms with Gasteiger partial charge < -0.3 is 4.90 Å². The molecule has 0 bridgehead atoms. The van der Waals surface area contributed by atoms with Crippen LogP contribution in [-0.4, -0.2) is 61.5 Å². The number of unbranched alkanes of at least 4 members (excludes halogenated alkanes) is 1. The summed E-state index contributed by atoms with van der Waals surface area (Å²) in [6, 6.07) is -0.330. The van der Waals surface area contributed by atoms with Crippen LogP contribution in [0.1, 0.15) is 19.8 Å². The van der Waals surface area contributed by atoms with Crippen LogP contribution in [0.5, 0.6) is 0 Å². The van der Waals surface area contributed by atoms with Crippen LogP contribution in [0.15, 0.2) is 4.34 Å². The van der Waals surface area contributed by atoms with E-state index >= 15 is 0 Å². The highest BCUT2D eigenvalue weighted by atomic mass is 32.2. The third-order valence-corrected chi connectivity index (χ3v) is 5.52. The number of urea groups is 1. The Bertz CT molecular complexity index is 555. The van der Waals surface area contributed by atoms with Crippen molar-refractivity contribution in [3.8, 4) is 0 Å². The lowest BCUT2D eigenvalue weighted by Gasteiger charge is -2.15. The van der Waals surface area contributed by atoms with Crippen LogP contribution in [0.2, 0.25) is 0 Å². The van der Waals surface area contributed by atoms with Gasteiger partial charge in [0.2, 0.25) is 9.47 Å². The quantitative estimate of drug-likeness (QED) is 0.790. The molecule has 0 spiro atoms. The zero-order valence-corrected chi connectivity index (χ0v) is 13.6. The monoisotopic (exact) mass is 321 g/mol. The summed E-state index contributed by atoms with van der Waals surface area (Å²) in [5.74, 6) is 0. The fourth-order valence-corrected chi connectivity index (χ4v) is 3.23. The minimum absolute atomic E-state index is 0.144. The molecule has 1 aromatic heterocycles. The van der Waals surface area contributed by atoms with E-state index in [9.17, 15) is 13.2 Å². The van der Waals surface area contributed by atoms with E-state index in [4.69, 9.17) is 0 Å². The maximum atomic E-state index is 11.8. The third kappa shape index (κ3) is 4.12. The number of sulfonamides is 1. The predicted octanol–water partition coefficient (Wildman–Crippen LogP) is 1.05. The fourth-order valence-electron chi connectivity index (χ4n) is 1.20. The second-order valence-electron chi connectivity index (χ2n) is 4.37. The molecule has 0 saturated carbocycles. The highest BCUT2D eigenvalue weighted by molar-refractivity contribution is 7.91. The van der Waals surface area contributed by atoms with Crippen LogP contribution < -0.4 is 5.32 Å². The Balaban J connectivity index is 2.72. The molecule has 114 valence electrons. The Morgan fingerprint density at radius 3 is 2.50 bits per heavy atom. The Kier molecular flexibility index (Phi) is 5.84. The molecule has 1 aromatic rings. The summed E-state index contributed by atoms with van der Waals surface area (Å²) in [6.07, 6.45) is 1.89. The van der Waals surface area contributed by atoms with Crippen LogP contribution in [0.3, 0.4) is 0 Å². The first-order chi connectivity index (χ1) is 9.28. The lowest BCUT2D eigenvalue weighted by Crippen LogP contribution is -2.32. The van der Waals surface area contributed by atoms with Crippen molar-refractivity contribution in [2.75, 3.05) is 33.0 Å². The second kappa shape index (κ2) is 6.95. The average Bonchev–Trinajstić information content (AvgIpc) is 2.84. The Labute approximate surface area is 122 Å². The summed E-state index contributed by atoms with van der Waals surface area (Å²) < 4.78 is 24.5. The van der Waals surface area contributed by atoms with Gasteiger partial charge in [-0.25, -0.2) is 17.5 Å². The summed E-state index contributed by atoms with van der Waals surface area (Å²) in [5.41, 5.74) is 0. The Hall–Kier alpha value is -1.26. The van der Waals surface area contributed by atoms with Gasteiger partial charge in [0.15, 0.2) is 0 Å². The van der Waals surface area contributed by atoms with Crippen molar-refractivity contribution in [2.24, 2.45) is 0 Å². The number of rotatable bonds is 6. The number of carbonyl (C=O) groups is 1. The van der Waals surface area contributed by atoms with Gasteiger partial charge in [0.1, 0.15) is 0 Å². The summed E-state index contributed by atoms with van der Waals surface area (Å²) in [5, 5.41) is 9.96. The van der Waals surface area contributed by atoms with E-state index in [1.165, 1.54) is 19.0 Å². The van der Waals surface area contributed by atoms with Crippen LogP contribution in [0.4, 0.5) is 9.93 Å². The van der Waals surface area contributed by atoms with Crippen LogP contribution in [0.25, 0.3) is 0 Å². The number of anilines is 1. The lowest BCUT2D eigenvalue weighted by molar-refractivity contribution is 0.222. The van der Waals surface area contributed by atoms with Crippen molar-refractivity contribution in [3.05, 3.63) is 0 Å². The molecule has 0 aromatic carbocycles. The number of hydrogen-bond acceptors (Lipinski definition) is 6. The maximum absolute atomic E-state index is 11.8. The van der Waals surface area contributed by atoms with Gasteiger partial charge in [-0.1, -0.05) is 24.7 Å². The zero-order chi connectivity index (χ0) is 15.3. The second-order valence-corrected chi connectivity index (χ2v) is 7.67. The SMILES string of the molecule is CCCCN(C)C(=O)Nc1nnc(S(=O)(=O)N(C)C)s1. The van der Waals surface area contributed by atoms with Crippen LogP contribution in [0, 0.1) is 0 Å². The highest BCUT2D eigenvalue weighted by Gasteiger charge is 2.23. The molecular weight excluding hydrogens is 302 g/mol. The number of nitrogens with one attached hydrogen (secondary N) is 1. The van der Waals surface area contributed by atoms with Crippen LogP contribution >= 0.6 is 11.3 Å². The van der Waals surface area contributed by atoms with Gasteiger partial charge >= 0.3 is 6.03 Å². The fraction of sp³-hybridized carbons (Fsp3) is 0.700. The molecule has 0 unspecified atom stereocenters. The van der Waals surface area contributed by atoms with Crippen molar-refractivity contribution < 1.29 is 13.2 Å². The first-order valence-corrected chi connectivity index (χ1v) is 8.32. The molecule has 0 atom stereocenters. The van der Waals surface area contributed by atoms with Crippen molar-refractivity contribution in [2.45, 2.75) is 24.1 Å². The lowest BCUT2D eigenvalue weighted by atomic mass is 10.3. The van der Waals surface area contributed by atoms with E-state index in [0.29, 0.717) is 6.54 Å². The summed E-state index contributed by atoms with van der Waals surface area (Å²) in [7, 11) is 0.878. The van der Waals surface area contributed by atoms with Gasteiger partial charge in [0.05, 0.1) is 0 Å². The standard InChI is InChI=1S/C10H19N5O3S2/c1-5-6-7-15(4)9(16)11-8-12-13-10(19-8)20(17,18)14(2)3/h5-7H2,1-4H3,(H,11,12,16). The molecule has 1 N–H and O–H groups in total. The number of hydrogen-bond donors (Lipinski definition) is 1. The Morgan fingerprint density at radius 1 is 1.30 bits per heavy atom. The molecular formula is C10H19N5O3S2. The maximum Gasteiger partial charge on any atom is 0.323 e. The summed E-state index contributed by atoms with van der Waals surface area (Å²) in [6.45, 7) is 2.67. The van der Waals surface area contributed by atoms with E-state index in [2.05, 4.69) is 15.5 Å².